The molecule has 3 aliphatic rings. The minimum absolute atomic E-state index is 0.0255. The fourth-order valence-electron chi connectivity index (χ4n) is 5.80. The van der Waals surface area contributed by atoms with Gasteiger partial charge in [0.15, 0.2) is 0 Å². The standard InChI is InChI=1S/C25H31F6N3O4S/c26-24(27,28)21(25(29,30)31)38-22(37)34-9-4-23(5-10-34)3-8-32(15-23)14-16-11-18(13-19(39)12-16)33-6-1-17(2-7-33)20(35)36/h11-13,17,21,39H,1-10,14-15H2,(H,35,36). The highest BCUT2D eigenvalue weighted by Crippen LogP contribution is 2.42. The van der Waals surface area contributed by atoms with Crippen LogP contribution in [0.2, 0.25) is 0 Å². The number of carbonyl (C=O) groups is 2. The summed E-state index contributed by atoms with van der Waals surface area (Å²) in [5.74, 6) is -1.10. The summed E-state index contributed by atoms with van der Waals surface area (Å²) in [5.41, 5.74) is 1.85. The number of alkyl halides is 6. The predicted octanol–water partition coefficient (Wildman–Crippen LogP) is 5.19. The molecule has 218 valence electrons. The van der Waals surface area contributed by atoms with Gasteiger partial charge in [-0.2, -0.15) is 26.3 Å². The molecule has 0 aliphatic carbocycles. The van der Waals surface area contributed by atoms with E-state index in [1.807, 2.05) is 12.1 Å². The number of anilines is 1. The van der Waals surface area contributed by atoms with E-state index in [0.29, 0.717) is 51.9 Å². The molecular weight excluding hydrogens is 552 g/mol. The highest BCUT2D eigenvalue weighted by molar-refractivity contribution is 7.80. The van der Waals surface area contributed by atoms with Gasteiger partial charge in [-0.3, -0.25) is 9.69 Å². The summed E-state index contributed by atoms with van der Waals surface area (Å²) in [6, 6.07) is 6.00. The Morgan fingerprint density at radius 3 is 2.13 bits per heavy atom. The molecule has 0 aromatic heterocycles. The largest absolute Gasteiger partial charge is 0.481 e. The van der Waals surface area contributed by atoms with E-state index in [-0.39, 0.29) is 24.4 Å². The van der Waals surface area contributed by atoms with Crippen molar-refractivity contribution in [1.82, 2.24) is 9.80 Å². The number of carboxylic acid groups (broad SMARTS) is 1. The molecule has 7 nitrogen and oxygen atoms in total. The Morgan fingerprint density at radius 1 is 0.974 bits per heavy atom. The van der Waals surface area contributed by atoms with Crippen LogP contribution in [-0.2, 0) is 16.1 Å². The third-order valence-corrected chi connectivity index (χ3v) is 8.25. The van der Waals surface area contributed by atoms with Gasteiger partial charge in [0.2, 0.25) is 0 Å². The molecule has 1 aromatic carbocycles. The zero-order chi connectivity index (χ0) is 28.6. The van der Waals surface area contributed by atoms with Gasteiger partial charge in [-0.15, -0.1) is 12.6 Å². The quantitative estimate of drug-likeness (QED) is 0.367. The molecule has 0 bridgehead atoms. The molecule has 3 saturated heterocycles. The van der Waals surface area contributed by atoms with Crippen molar-refractivity contribution in [2.45, 2.75) is 62.0 Å². The van der Waals surface area contributed by atoms with Crippen LogP contribution in [0.3, 0.4) is 0 Å². The van der Waals surface area contributed by atoms with Crippen LogP contribution in [0.4, 0.5) is 36.8 Å². The van der Waals surface area contributed by atoms with Crippen LogP contribution in [0.25, 0.3) is 0 Å². The highest BCUT2D eigenvalue weighted by Gasteiger charge is 2.60. The number of benzene rings is 1. The summed E-state index contributed by atoms with van der Waals surface area (Å²) in [4.78, 5) is 29.5. The number of piperidine rings is 2. The van der Waals surface area contributed by atoms with Gasteiger partial charge < -0.3 is 19.6 Å². The zero-order valence-electron chi connectivity index (χ0n) is 21.1. The SMILES string of the molecule is O=C(O)C1CCN(c2cc(S)cc(CN3CCC4(CCN(C(=O)OC(C(F)(F)F)C(F)(F)F)CC4)C3)c2)CC1. The average Bonchev–Trinajstić information content (AvgIpc) is 3.22. The molecule has 0 radical (unpaired) electrons. The number of amides is 1. The number of nitrogens with zero attached hydrogens (tertiary/aromatic N) is 3. The lowest BCUT2D eigenvalue weighted by Gasteiger charge is -2.39. The lowest BCUT2D eigenvalue weighted by atomic mass is 9.78. The van der Waals surface area contributed by atoms with Crippen LogP contribution in [0.15, 0.2) is 23.1 Å². The first kappa shape index (κ1) is 29.6. The summed E-state index contributed by atoms with van der Waals surface area (Å²) in [6.45, 7) is 3.44. The lowest BCUT2D eigenvalue weighted by molar-refractivity contribution is -0.308. The van der Waals surface area contributed by atoms with Crippen LogP contribution in [0.5, 0.6) is 0 Å². The molecule has 1 aromatic rings. The summed E-state index contributed by atoms with van der Waals surface area (Å²) in [5, 5.41) is 9.24. The Hall–Kier alpha value is -2.35. The molecule has 39 heavy (non-hydrogen) atoms. The maximum absolute atomic E-state index is 12.8. The Kier molecular flexibility index (Phi) is 8.56. The van der Waals surface area contributed by atoms with Gasteiger partial charge in [0, 0.05) is 49.9 Å². The lowest BCUT2D eigenvalue weighted by Crippen LogP contribution is -2.50. The van der Waals surface area contributed by atoms with Gasteiger partial charge in [-0.1, -0.05) is 0 Å². The van der Waals surface area contributed by atoms with E-state index in [4.69, 9.17) is 0 Å². The molecule has 1 spiro atoms. The molecule has 4 rings (SSSR count). The van der Waals surface area contributed by atoms with Crippen molar-refractivity contribution in [2.24, 2.45) is 11.3 Å². The van der Waals surface area contributed by atoms with Crippen LogP contribution in [-0.4, -0.2) is 84.7 Å². The Morgan fingerprint density at radius 2 is 1.56 bits per heavy atom. The zero-order valence-corrected chi connectivity index (χ0v) is 22.0. The highest BCUT2D eigenvalue weighted by atomic mass is 32.1. The fraction of sp³-hybridized carbons (Fsp3) is 0.680. The summed E-state index contributed by atoms with van der Waals surface area (Å²) in [6.07, 6.45) is -14.4. The van der Waals surface area contributed by atoms with E-state index in [0.717, 1.165) is 34.0 Å². The van der Waals surface area contributed by atoms with Gasteiger partial charge in [0.1, 0.15) is 0 Å². The second-order valence-electron chi connectivity index (χ2n) is 10.8. The van der Waals surface area contributed by atoms with E-state index in [1.165, 1.54) is 0 Å². The number of aliphatic carboxylic acids is 1. The first-order valence-electron chi connectivity index (χ1n) is 12.8. The Bertz CT molecular complexity index is 1040. The first-order valence-corrected chi connectivity index (χ1v) is 13.2. The average molecular weight is 584 g/mol. The van der Waals surface area contributed by atoms with E-state index in [9.17, 15) is 41.0 Å². The molecule has 14 heteroatoms. The number of likely N-dealkylation sites (tertiary alicyclic amines) is 2. The van der Waals surface area contributed by atoms with E-state index in [1.54, 1.807) is 0 Å². The summed E-state index contributed by atoms with van der Waals surface area (Å²) in [7, 11) is 0. The molecule has 1 N–H and O–H groups in total. The normalized spacial score (nSPS) is 21.1. The minimum Gasteiger partial charge on any atom is -0.481 e. The topological polar surface area (TPSA) is 73.3 Å². The monoisotopic (exact) mass is 583 g/mol. The second-order valence-corrected chi connectivity index (χ2v) is 11.3. The molecule has 3 aliphatic heterocycles. The number of halogens is 6. The van der Waals surface area contributed by atoms with Gasteiger partial charge in [-0.25, -0.2) is 4.79 Å². The molecule has 3 heterocycles. The van der Waals surface area contributed by atoms with Gasteiger partial charge in [0.05, 0.1) is 5.92 Å². The second kappa shape index (κ2) is 11.3. The fourth-order valence-corrected chi connectivity index (χ4v) is 6.10. The number of thiol groups is 1. The maximum Gasteiger partial charge on any atom is 0.434 e. The third-order valence-electron chi connectivity index (χ3n) is 7.99. The number of ether oxygens (including phenoxy) is 1. The van der Waals surface area contributed by atoms with Gasteiger partial charge in [0.25, 0.3) is 6.10 Å². The number of rotatable bonds is 5. The van der Waals surface area contributed by atoms with Crippen molar-refractivity contribution in [3.8, 4) is 0 Å². The first-order chi connectivity index (χ1) is 18.1. The minimum atomic E-state index is -5.74. The van der Waals surface area contributed by atoms with Crippen molar-refractivity contribution in [3.63, 3.8) is 0 Å². The molecular formula is C25H31F6N3O4S. The number of carbonyl (C=O) groups excluding carboxylic acids is 1. The van der Waals surface area contributed by atoms with E-state index >= 15 is 0 Å². The summed E-state index contributed by atoms with van der Waals surface area (Å²) >= 11 is 4.54. The van der Waals surface area contributed by atoms with Crippen molar-refractivity contribution < 1.29 is 45.8 Å². The van der Waals surface area contributed by atoms with Crippen LogP contribution < -0.4 is 4.90 Å². The molecule has 0 saturated carbocycles. The number of carboxylic acids is 1. The molecule has 0 unspecified atom stereocenters. The van der Waals surface area contributed by atoms with E-state index in [2.05, 4.69) is 33.2 Å². The smallest absolute Gasteiger partial charge is 0.434 e. The molecule has 0 atom stereocenters. The van der Waals surface area contributed by atoms with Crippen LogP contribution >= 0.6 is 12.6 Å². The van der Waals surface area contributed by atoms with Crippen molar-refractivity contribution in [2.75, 3.05) is 44.2 Å². The molecule has 3 fully saturated rings. The van der Waals surface area contributed by atoms with Gasteiger partial charge in [-0.05, 0) is 67.8 Å². The number of hydrogen-bond donors (Lipinski definition) is 2. The Labute approximate surface area is 227 Å². The van der Waals surface area contributed by atoms with Crippen molar-refractivity contribution in [3.05, 3.63) is 23.8 Å². The van der Waals surface area contributed by atoms with Crippen LogP contribution in [0, 0.1) is 11.3 Å². The van der Waals surface area contributed by atoms with Crippen molar-refractivity contribution >= 4 is 30.4 Å². The van der Waals surface area contributed by atoms with Crippen LogP contribution in [0.1, 0.15) is 37.7 Å². The predicted molar refractivity (Wildman–Crippen MR) is 132 cm³/mol. The Balaban J connectivity index is 1.31. The van der Waals surface area contributed by atoms with Gasteiger partial charge >= 0.3 is 24.4 Å². The van der Waals surface area contributed by atoms with E-state index < -0.39 is 30.5 Å². The molecule has 1 amide bonds. The number of hydrogen-bond acceptors (Lipinski definition) is 6. The maximum atomic E-state index is 12.8. The summed E-state index contributed by atoms with van der Waals surface area (Å²) < 4.78 is 80.4. The third kappa shape index (κ3) is 7.24. The van der Waals surface area contributed by atoms with Crippen molar-refractivity contribution in [1.29, 1.82) is 0 Å².